The largest absolute Gasteiger partial charge is 0.368 e. The Morgan fingerprint density at radius 1 is 0.909 bits per heavy atom. The average molecular weight is 295 g/mol. The molecule has 0 spiro atoms. The van der Waals surface area contributed by atoms with Crippen molar-refractivity contribution in [2.75, 3.05) is 11.1 Å². The van der Waals surface area contributed by atoms with E-state index in [1.807, 2.05) is 30.3 Å². The zero-order valence-electron chi connectivity index (χ0n) is 11.7. The Bertz CT molecular complexity index is 759. The molecule has 3 aromatic rings. The maximum atomic E-state index is 13.0. The first-order valence-electron chi connectivity index (χ1n) is 6.76. The third kappa shape index (κ3) is 3.35. The van der Waals surface area contributed by atoms with Crippen LogP contribution in [0, 0.1) is 5.82 Å². The van der Waals surface area contributed by atoms with Crippen LogP contribution in [0.5, 0.6) is 0 Å². The van der Waals surface area contributed by atoms with E-state index in [2.05, 4.69) is 20.3 Å². The number of aromatic nitrogens is 3. The van der Waals surface area contributed by atoms with Crippen LogP contribution >= 0.6 is 0 Å². The van der Waals surface area contributed by atoms with Crippen LogP contribution in [-0.2, 0) is 6.54 Å². The van der Waals surface area contributed by atoms with Crippen molar-refractivity contribution in [2.45, 2.75) is 6.54 Å². The van der Waals surface area contributed by atoms with Crippen molar-refractivity contribution in [2.24, 2.45) is 0 Å². The quantitative estimate of drug-likeness (QED) is 0.774. The van der Waals surface area contributed by atoms with Crippen LogP contribution in [0.4, 0.5) is 16.3 Å². The molecular weight excluding hydrogens is 281 g/mol. The zero-order chi connectivity index (χ0) is 15.4. The van der Waals surface area contributed by atoms with Crippen LogP contribution in [0.15, 0.2) is 54.6 Å². The molecule has 0 aliphatic rings. The van der Waals surface area contributed by atoms with Crippen molar-refractivity contribution in [1.82, 2.24) is 15.0 Å². The minimum Gasteiger partial charge on any atom is -0.368 e. The van der Waals surface area contributed by atoms with Gasteiger partial charge in [-0.2, -0.15) is 15.0 Å². The number of nitrogens with two attached hydrogens (primary N) is 1. The molecule has 110 valence electrons. The van der Waals surface area contributed by atoms with Crippen LogP contribution in [0.25, 0.3) is 11.4 Å². The van der Waals surface area contributed by atoms with Gasteiger partial charge in [0, 0.05) is 12.1 Å². The minimum atomic E-state index is -0.312. The van der Waals surface area contributed by atoms with E-state index in [4.69, 9.17) is 5.73 Å². The highest BCUT2D eigenvalue weighted by molar-refractivity contribution is 5.57. The van der Waals surface area contributed by atoms with E-state index >= 15 is 0 Å². The summed E-state index contributed by atoms with van der Waals surface area (Å²) in [6, 6.07) is 15.8. The first-order valence-corrected chi connectivity index (χ1v) is 6.76. The monoisotopic (exact) mass is 295 g/mol. The highest BCUT2D eigenvalue weighted by Gasteiger charge is 2.07. The highest BCUT2D eigenvalue weighted by Crippen LogP contribution is 2.17. The van der Waals surface area contributed by atoms with E-state index in [0.717, 1.165) is 5.56 Å². The second kappa shape index (κ2) is 6.17. The molecule has 0 atom stereocenters. The number of nitrogen functional groups attached to an aromatic ring is 1. The predicted octanol–water partition coefficient (Wildman–Crippen LogP) is 2.87. The van der Waals surface area contributed by atoms with E-state index in [-0.39, 0.29) is 11.8 Å². The minimum absolute atomic E-state index is 0.116. The van der Waals surface area contributed by atoms with E-state index in [1.165, 1.54) is 12.1 Å². The molecule has 5 nitrogen and oxygen atoms in total. The Labute approximate surface area is 127 Å². The third-order valence-electron chi connectivity index (χ3n) is 3.05. The third-order valence-corrected chi connectivity index (χ3v) is 3.05. The number of nitrogens with one attached hydrogen (secondary N) is 1. The Hall–Kier alpha value is -3.02. The molecule has 0 aliphatic heterocycles. The van der Waals surface area contributed by atoms with Gasteiger partial charge in [0.15, 0.2) is 5.82 Å². The number of anilines is 2. The first-order chi connectivity index (χ1) is 10.7. The molecule has 6 heteroatoms. The second-order valence-electron chi connectivity index (χ2n) is 4.69. The Kier molecular flexibility index (Phi) is 3.91. The van der Waals surface area contributed by atoms with Gasteiger partial charge in [0.25, 0.3) is 0 Å². The molecule has 0 saturated heterocycles. The lowest BCUT2D eigenvalue weighted by molar-refractivity contribution is 0.628. The van der Waals surface area contributed by atoms with Crippen molar-refractivity contribution in [3.63, 3.8) is 0 Å². The van der Waals surface area contributed by atoms with E-state index in [9.17, 15) is 4.39 Å². The fraction of sp³-hybridized carbons (Fsp3) is 0.0625. The van der Waals surface area contributed by atoms with Gasteiger partial charge >= 0.3 is 0 Å². The topological polar surface area (TPSA) is 76.7 Å². The summed E-state index contributed by atoms with van der Waals surface area (Å²) in [4.78, 5) is 12.5. The fourth-order valence-electron chi connectivity index (χ4n) is 1.98. The summed E-state index contributed by atoms with van der Waals surface area (Å²) < 4.78 is 13.0. The maximum Gasteiger partial charge on any atom is 0.228 e. The zero-order valence-corrected chi connectivity index (χ0v) is 11.7. The molecule has 0 bridgehead atoms. The number of halogens is 1. The molecule has 3 N–H and O–H groups in total. The van der Waals surface area contributed by atoms with E-state index < -0.39 is 0 Å². The Morgan fingerprint density at radius 3 is 2.36 bits per heavy atom. The summed E-state index contributed by atoms with van der Waals surface area (Å²) >= 11 is 0. The van der Waals surface area contributed by atoms with Gasteiger partial charge in [0.1, 0.15) is 5.82 Å². The van der Waals surface area contributed by atoms with Crippen molar-refractivity contribution in [3.8, 4) is 11.4 Å². The van der Waals surface area contributed by atoms with Gasteiger partial charge in [0.05, 0.1) is 0 Å². The standard InChI is InChI=1S/C16H14FN5/c17-13-8-6-12(7-9-13)14-20-15(18)22-16(21-14)19-10-11-4-2-1-3-5-11/h1-9H,10H2,(H3,18,19,20,21,22). The molecule has 22 heavy (non-hydrogen) atoms. The lowest BCUT2D eigenvalue weighted by atomic mass is 10.2. The van der Waals surface area contributed by atoms with Crippen LogP contribution in [-0.4, -0.2) is 15.0 Å². The molecular formula is C16H14FN5. The van der Waals surface area contributed by atoms with Gasteiger partial charge in [-0.1, -0.05) is 30.3 Å². The summed E-state index contributed by atoms with van der Waals surface area (Å²) in [6.45, 7) is 0.577. The Balaban J connectivity index is 1.82. The lowest BCUT2D eigenvalue weighted by Gasteiger charge is -2.07. The molecule has 0 radical (unpaired) electrons. The fourth-order valence-corrected chi connectivity index (χ4v) is 1.98. The normalized spacial score (nSPS) is 10.4. The molecule has 1 aromatic heterocycles. The molecule has 0 amide bonds. The Morgan fingerprint density at radius 2 is 1.64 bits per heavy atom. The van der Waals surface area contributed by atoms with Gasteiger partial charge in [-0.15, -0.1) is 0 Å². The van der Waals surface area contributed by atoms with Gasteiger partial charge in [-0.05, 0) is 29.8 Å². The number of nitrogens with zero attached hydrogens (tertiary/aromatic N) is 3. The number of benzene rings is 2. The summed E-state index contributed by atoms with van der Waals surface area (Å²) in [6.07, 6.45) is 0. The summed E-state index contributed by atoms with van der Waals surface area (Å²) in [5.41, 5.74) is 7.50. The number of rotatable bonds is 4. The number of hydrogen-bond acceptors (Lipinski definition) is 5. The van der Waals surface area contributed by atoms with E-state index in [1.54, 1.807) is 12.1 Å². The van der Waals surface area contributed by atoms with Gasteiger partial charge in [-0.25, -0.2) is 4.39 Å². The molecule has 0 aliphatic carbocycles. The SMILES string of the molecule is Nc1nc(NCc2ccccc2)nc(-c2ccc(F)cc2)n1. The molecule has 0 fully saturated rings. The maximum absolute atomic E-state index is 13.0. The highest BCUT2D eigenvalue weighted by atomic mass is 19.1. The van der Waals surface area contributed by atoms with Crippen LogP contribution in [0.1, 0.15) is 5.56 Å². The second-order valence-corrected chi connectivity index (χ2v) is 4.69. The van der Waals surface area contributed by atoms with Gasteiger partial charge < -0.3 is 11.1 Å². The molecule has 2 aromatic carbocycles. The van der Waals surface area contributed by atoms with Crippen molar-refractivity contribution >= 4 is 11.9 Å². The van der Waals surface area contributed by atoms with Crippen LogP contribution < -0.4 is 11.1 Å². The molecule has 0 saturated carbocycles. The smallest absolute Gasteiger partial charge is 0.228 e. The van der Waals surface area contributed by atoms with Crippen molar-refractivity contribution in [1.29, 1.82) is 0 Å². The molecule has 0 unspecified atom stereocenters. The summed E-state index contributed by atoms with van der Waals surface area (Å²) in [5.74, 6) is 0.594. The first kappa shape index (κ1) is 13.9. The van der Waals surface area contributed by atoms with Crippen molar-refractivity contribution < 1.29 is 4.39 Å². The predicted molar refractivity (Wildman–Crippen MR) is 83.4 cm³/mol. The van der Waals surface area contributed by atoms with E-state index in [0.29, 0.717) is 23.9 Å². The van der Waals surface area contributed by atoms with Gasteiger partial charge in [0.2, 0.25) is 11.9 Å². The number of hydrogen-bond donors (Lipinski definition) is 2. The van der Waals surface area contributed by atoms with Crippen molar-refractivity contribution in [3.05, 3.63) is 66.0 Å². The van der Waals surface area contributed by atoms with Crippen LogP contribution in [0.3, 0.4) is 0 Å². The summed E-state index contributed by atoms with van der Waals surface area (Å²) in [7, 11) is 0. The average Bonchev–Trinajstić information content (AvgIpc) is 2.54. The lowest BCUT2D eigenvalue weighted by Crippen LogP contribution is -2.08. The molecule has 1 heterocycles. The van der Waals surface area contributed by atoms with Gasteiger partial charge in [-0.3, -0.25) is 0 Å². The van der Waals surface area contributed by atoms with Crippen LogP contribution in [0.2, 0.25) is 0 Å². The summed E-state index contributed by atoms with van der Waals surface area (Å²) in [5, 5.41) is 3.11. The molecule has 3 rings (SSSR count).